The Morgan fingerprint density at radius 1 is 1.30 bits per heavy atom. The highest BCUT2D eigenvalue weighted by atomic mass is 32.2. The number of carbonyl (C=O) groups is 1. The number of nitrogens with zero attached hydrogens (tertiary/aromatic N) is 2. The highest BCUT2D eigenvalue weighted by Gasteiger charge is 2.30. The van der Waals surface area contributed by atoms with E-state index in [4.69, 9.17) is 4.74 Å². The zero-order chi connectivity index (χ0) is 19.4. The minimum atomic E-state index is -3.85. The van der Waals surface area contributed by atoms with E-state index in [9.17, 15) is 18.0 Å². The van der Waals surface area contributed by atoms with Gasteiger partial charge >= 0.3 is 0 Å². The first-order valence-electron chi connectivity index (χ1n) is 9.46. The fraction of sp³-hybridized carbons (Fsp3) is 0.667. The summed E-state index contributed by atoms with van der Waals surface area (Å²) in [6, 6.07) is 2.81. The molecule has 150 valence electrons. The highest BCUT2D eigenvalue weighted by molar-refractivity contribution is 7.89. The summed E-state index contributed by atoms with van der Waals surface area (Å²) in [7, 11) is -3.85. The molecular formula is C18H27N3O5S. The fourth-order valence-electron chi connectivity index (χ4n) is 3.44. The Morgan fingerprint density at radius 3 is 2.70 bits per heavy atom. The predicted molar refractivity (Wildman–Crippen MR) is 99.8 cm³/mol. The second kappa shape index (κ2) is 8.53. The number of pyridine rings is 1. The number of nitrogens with one attached hydrogen (secondary N) is 1. The normalized spacial score (nSPS) is 22.0. The zero-order valence-electron chi connectivity index (χ0n) is 15.6. The summed E-state index contributed by atoms with van der Waals surface area (Å²) in [5, 5.41) is 2.74. The van der Waals surface area contributed by atoms with Crippen LogP contribution in [0.3, 0.4) is 0 Å². The second-order valence-electron chi connectivity index (χ2n) is 7.33. The molecule has 1 aromatic heterocycles. The first-order valence-corrected chi connectivity index (χ1v) is 10.9. The van der Waals surface area contributed by atoms with Crippen molar-refractivity contribution in [3.8, 4) is 0 Å². The number of piperidine rings is 1. The molecule has 0 radical (unpaired) electrons. The first-order chi connectivity index (χ1) is 12.9. The van der Waals surface area contributed by atoms with Crippen molar-refractivity contribution >= 4 is 15.9 Å². The van der Waals surface area contributed by atoms with Gasteiger partial charge in [0.15, 0.2) is 0 Å². The van der Waals surface area contributed by atoms with Crippen LogP contribution in [0.5, 0.6) is 0 Å². The monoisotopic (exact) mass is 397 g/mol. The Kier molecular flexibility index (Phi) is 6.33. The summed E-state index contributed by atoms with van der Waals surface area (Å²) in [4.78, 5) is 24.5. The van der Waals surface area contributed by atoms with E-state index in [0.29, 0.717) is 32.2 Å². The molecule has 8 nitrogen and oxygen atoms in total. The van der Waals surface area contributed by atoms with Gasteiger partial charge in [0, 0.05) is 32.4 Å². The maximum absolute atomic E-state index is 12.8. The summed E-state index contributed by atoms with van der Waals surface area (Å²) in [6.45, 7) is 3.81. The van der Waals surface area contributed by atoms with E-state index >= 15 is 0 Å². The van der Waals surface area contributed by atoms with Gasteiger partial charge in [-0.25, -0.2) is 8.42 Å². The van der Waals surface area contributed by atoms with Crippen molar-refractivity contribution in [2.24, 2.45) is 5.92 Å². The van der Waals surface area contributed by atoms with Crippen molar-refractivity contribution in [1.82, 2.24) is 14.2 Å². The van der Waals surface area contributed by atoms with Crippen molar-refractivity contribution in [3.63, 3.8) is 0 Å². The lowest BCUT2D eigenvalue weighted by Gasteiger charge is -2.29. The molecule has 1 aromatic rings. The zero-order valence-corrected chi connectivity index (χ0v) is 16.4. The summed E-state index contributed by atoms with van der Waals surface area (Å²) < 4.78 is 33.7. The van der Waals surface area contributed by atoms with Crippen LogP contribution >= 0.6 is 0 Å². The highest BCUT2D eigenvalue weighted by Crippen LogP contribution is 2.21. The summed E-state index contributed by atoms with van der Waals surface area (Å²) >= 11 is 0. The van der Waals surface area contributed by atoms with Crippen LogP contribution in [-0.4, -0.2) is 55.5 Å². The fourth-order valence-corrected chi connectivity index (χ4v) is 5.00. The number of ether oxygens (including phenoxy) is 1. The molecule has 0 saturated carbocycles. The van der Waals surface area contributed by atoms with E-state index in [1.807, 2.05) is 0 Å². The van der Waals surface area contributed by atoms with Gasteiger partial charge in [-0.05, 0) is 43.7 Å². The van der Waals surface area contributed by atoms with Crippen LogP contribution < -0.4 is 10.9 Å². The molecule has 0 aromatic carbocycles. The standard InChI is InChI=1S/C18H27N3O5S/c1-14-6-9-21(10-7-14)27(24,25)16-5-2-8-20(18(16)23)13-17(22)19-12-15-4-3-11-26-15/h2,5,8,14-15H,3-4,6-7,9-13H2,1H3,(H,19,22). The van der Waals surface area contributed by atoms with Crippen LogP contribution in [0.4, 0.5) is 0 Å². The van der Waals surface area contributed by atoms with Crippen molar-refractivity contribution in [1.29, 1.82) is 0 Å². The van der Waals surface area contributed by atoms with Crippen LogP contribution in [0.15, 0.2) is 28.0 Å². The number of carbonyl (C=O) groups excluding carboxylic acids is 1. The van der Waals surface area contributed by atoms with Crippen LogP contribution in [0.1, 0.15) is 32.6 Å². The van der Waals surface area contributed by atoms with Gasteiger partial charge in [0.25, 0.3) is 5.56 Å². The largest absolute Gasteiger partial charge is 0.376 e. The maximum Gasteiger partial charge on any atom is 0.271 e. The average molecular weight is 397 g/mol. The van der Waals surface area contributed by atoms with E-state index in [-0.39, 0.29) is 23.5 Å². The van der Waals surface area contributed by atoms with Crippen LogP contribution in [0.25, 0.3) is 0 Å². The SMILES string of the molecule is CC1CCN(S(=O)(=O)c2cccn(CC(=O)NCC3CCCO3)c2=O)CC1. The molecule has 2 fully saturated rings. The third kappa shape index (κ3) is 4.77. The van der Waals surface area contributed by atoms with Gasteiger partial charge in [-0.3, -0.25) is 9.59 Å². The smallest absolute Gasteiger partial charge is 0.271 e. The molecule has 0 spiro atoms. The molecule has 1 N–H and O–H groups in total. The number of sulfonamides is 1. The molecule has 27 heavy (non-hydrogen) atoms. The van der Waals surface area contributed by atoms with Gasteiger partial charge in [-0.15, -0.1) is 0 Å². The van der Waals surface area contributed by atoms with Crippen molar-refractivity contribution < 1.29 is 17.9 Å². The summed E-state index contributed by atoms with van der Waals surface area (Å²) in [5.41, 5.74) is -0.664. The lowest BCUT2D eigenvalue weighted by atomic mass is 10.0. The molecule has 3 heterocycles. The molecule has 1 unspecified atom stereocenters. The van der Waals surface area contributed by atoms with Crippen LogP contribution in [0.2, 0.25) is 0 Å². The third-order valence-corrected chi connectivity index (χ3v) is 7.12. The van der Waals surface area contributed by atoms with Crippen molar-refractivity contribution in [2.45, 2.75) is 50.2 Å². The van der Waals surface area contributed by atoms with Gasteiger partial charge < -0.3 is 14.6 Å². The Labute approximate surface area is 159 Å². The molecule has 2 aliphatic heterocycles. The molecular weight excluding hydrogens is 370 g/mol. The molecule has 2 aliphatic rings. The lowest BCUT2D eigenvalue weighted by Crippen LogP contribution is -2.42. The number of aromatic nitrogens is 1. The van der Waals surface area contributed by atoms with Gasteiger partial charge in [-0.1, -0.05) is 6.92 Å². The average Bonchev–Trinajstić information content (AvgIpc) is 3.15. The predicted octanol–water partition coefficient (Wildman–Crippen LogP) is 0.564. The van der Waals surface area contributed by atoms with Crippen LogP contribution in [-0.2, 0) is 26.1 Å². The minimum absolute atomic E-state index is 0.0128. The first kappa shape index (κ1) is 20.0. The topological polar surface area (TPSA) is 97.7 Å². The Balaban J connectivity index is 1.69. The van der Waals surface area contributed by atoms with Crippen LogP contribution in [0, 0.1) is 5.92 Å². The minimum Gasteiger partial charge on any atom is -0.376 e. The van der Waals surface area contributed by atoms with E-state index in [1.165, 1.54) is 22.6 Å². The van der Waals surface area contributed by atoms with E-state index in [2.05, 4.69) is 12.2 Å². The Bertz CT molecular complexity index is 822. The third-order valence-electron chi connectivity index (χ3n) is 5.21. The van der Waals surface area contributed by atoms with E-state index in [0.717, 1.165) is 30.3 Å². The number of hydrogen-bond donors (Lipinski definition) is 1. The second-order valence-corrected chi connectivity index (χ2v) is 9.24. The van der Waals surface area contributed by atoms with Gasteiger partial charge in [0.05, 0.1) is 6.10 Å². The Morgan fingerprint density at radius 2 is 2.04 bits per heavy atom. The van der Waals surface area contributed by atoms with Gasteiger partial charge in [0.2, 0.25) is 15.9 Å². The molecule has 0 bridgehead atoms. The van der Waals surface area contributed by atoms with Crippen molar-refractivity contribution in [3.05, 3.63) is 28.7 Å². The Hall–Kier alpha value is -1.71. The molecule has 1 amide bonds. The molecule has 0 aliphatic carbocycles. The number of amides is 1. The molecule has 3 rings (SSSR count). The van der Waals surface area contributed by atoms with Gasteiger partial charge in [-0.2, -0.15) is 4.31 Å². The number of hydrogen-bond acceptors (Lipinski definition) is 5. The quantitative estimate of drug-likeness (QED) is 0.757. The lowest BCUT2D eigenvalue weighted by molar-refractivity contribution is -0.122. The van der Waals surface area contributed by atoms with Gasteiger partial charge in [0.1, 0.15) is 11.4 Å². The summed E-state index contributed by atoms with van der Waals surface area (Å²) in [6.07, 6.45) is 4.90. The molecule has 2 saturated heterocycles. The summed E-state index contributed by atoms with van der Waals surface area (Å²) in [5.74, 6) is 0.144. The van der Waals surface area contributed by atoms with E-state index in [1.54, 1.807) is 0 Å². The molecule has 1 atom stereocenters. The molecule has 9 heteroatoms. The maximum atomic E-state index is 12.8. The number of rotatable bonds is 6. The van der Waals surface area contributed by atoms with Crippen molar-refractivity contribution in [2.75, 3.05) is 26.2 Å². The van der Waals surface area contributed by atoms with E-state index < -0.39 is 15.6 Å².